The van der Waals surface area contributed by atoms with E-state index in [9.17, 15) is 4.79 Å². The Bertz CT molecular complexity index is 1440. The molecule has 0 aliphatic carbocycles. The molecule has 1 N–H and O–H groups in total. The highest BCUT2D eigenvalue weighted by Crippen LogP contribution is 2.52. The van der Waals surface area contributed by atoms with Gasteiger partial charge in [-0.25, -0.2) is 0 Å². The van der Waals surface area contributed by atoms with E-state index in [-0.39, 0.29) is 17.6 Å². The first kappa shape index (κ1) is 22.7. The highest BCUT2D eigenvalue weighted by atomic mass is 16.5. The molecular formula is C28H27NO6. The summed E-state index contributed by atoms with van der Waals surface area (Å²) in [7, 11) is 4.91. The molecule has 3 heterocycles. The van der Waals surface area contributed by atoms with Crippen LogP contribution in [0.15, 0.2) is 65.5 Å². The molecule has 2 atom stereocenters. The molecule has 6 rings (SSSR count). The highest BCUT2D eigenvalue weighted by Gasteiger charge is 2.40. The van der Waals surface area contributed by atoms with Crippen molar-refractivity contribution in [3.63, 3.8) is 0 Å². The largest absolute Gasteiger partial charge is 0.497 e. The molecule has 0 saturated carbocycles. The highest BCUT2D eigenvalue weighted by molar-refractivity contribution is 5.86. The lowest BCUT2D eigenvalue weighted by Crippen LogP contribution is -2.23. The van der Waals surface area contributed by atoms with Gasteiger partial charge in [-0.3, -0.25) is 4.79 Å². The second kappa shape index (κ2) is 9.25. The van der Waals surface area contributed by atoms with Crippen LogP contribution in [0.1, 0.15) is 28.7 Å². The van der Waals surface area contributed by atoms with Crippen LogP contribution in [0, 0.1) is 6.92 Å². The first-order chi connectivity index (χ1) is 17.0. The summed E-state index contributed by atoms with van der Waals surface area (Å²) in [4.78, 5) is 14.0. The Morgan fingerprint density at radius 2 is 1.57 bits per heavy atom. The summed E-state index contributed by atoms with van der Waals surface area (Å²) in [5.74, 6) is 4.26. The van der Waals surface area contributed by atoms with Gasteiger partial charge in [0.25, 0.3) is 0 Å². The molecule has 2 aliphatic rings. The zero-order valence-corrected chi connectivity index (χ0v) is 20.1. The van der Waals surface area contributed by atoms with Crippen molar-refractivity contribution >= 4 is 10.9 Å². The van der Waals surface area contributed by atoms with Crippen LogP contribution in [0.3, 0.4) is 0 Å². The molecule has 180 valence electrons. The summed E-state index contributed by atoms with van der Waals surface area (Å²) >= 11 is 0. The molecule has 0 amide bonds. The molecule has 0 bridgehead atoms. The van der Waals surface area contributed by atoms with E-state index in [1.165, 1.54) is 5.56 Å². The Kier molecular flexibility index (Phi) is 5.99. The van der Waals surface area contributed by atoms with Crippen LogP contribution in [-0.2, 0) is 0 Å². The standard InChI is InChI=1S/C17H16O4.C11H11NO2/c1-18-10-4-6-13-15(7-10)20-9-14-12-5-3-11(19-2)8-16(12)21-17(13)14;1-7-6-10(13)12-11-8(7)4-3-5-9(11)14-2/h3-8,14,17H,9H2,1-2H3;3-6H,1-2H3,(H,12,13). The number of benzene rings is 3. The number of methoxy groups -OCH3 is 3. The smallest absolute Gasteiger partial charge is 0.248 e. The first-order valence-electron chi connectivity index (χ1n) is 11.3. The van der Waals surface area contributed by atoms with Gasteiger partial charge in [0.15, 0.2) is 0 Å². The van der Waals surface area contributed by atoms with Gasteiger partial charge in [0, 0.05) is 34.7 Å². The predicted octanol–water partition coefficient (Wildman–Crippen LogP) is 5.16. The summed E-state index contributed by atoms with van der Waals surface area (Å²) < 4.78 is 27.7. The van der Waals surface area contributed by atoms with Gasteiger partial charge in [-0.05, 0) is 36.8 Å². The van der Waals surface area contributed by atoms with Crippen LogP contribution >= 0.6 is 0 Å². The quantitative estimate of drug-likeness (QED) is 0.443. The molecule has 0 spiro atoms. The van der Waals surface area contributed by atoms with Crippen LogP contribution in [0.4, 0.5) is 0 Å². The van der Waals surface area contributed by atoms with Gasteiger partial charge in [0.05, 0.1) is 39.4 Å². The summed E-state index contributed by atoms with van der Waals surface area (Å²) in [6, 6.07) is 19.1. The molecule has 7 heteroatoms. The third-order valence-corrected chi connectivity index (χ3v) is 6.45. The van der Waals surface area contributed by atoms with Crippen molar-refractivity contribution in [1.82, 2.24) is 4.98 Å². The number of para-hydroxylation sites is 1. The average molecular weight is 474 g/mol. The van der Waals surface area contributed by atoms with Crippen LogP contribution in [0.5, 0.6) is 28.7 Å². The number of hydrogen-bond donors (Lipinski definition) is 1. The molecule has 4 aromatic rings. The van der Waals surface area contributed by atoms with E-state index in [0.29, 0.717) is 12.4 Å². The molecule has 0 fully saturated rings. The number of aryl methyl sites for hydroxylation is 1. The number of fused-ring (bicyclic) bond motifs is 6. The maximum absolute atomic E-state index is 11.3. The Balaban J connectivity index is 0.000000158. The Hall–Kier alpha value is -4.13. The van der Waals surface area contributed by atoms with E-state index in [1.807, 2.05) is 55.5 Å². The number of pyridine rings is 1. The predicted molar refractivity (Wildman–Crippen MR) is 133 cm³/mol. The van der Waals surface area contributed by atoms with Crippen molar-refractivity contribution in [1.29, 1.82) is 0 Å². The molecule has 0 radical (unpaired) electrons. The van der Waals surface area contributed by atoms with Gasteiger partial charge in [0.1, 0.15) is 34.9 Å². The summed E-state index contributed by atoms with van der Waals surface area (Å²) in [5, 5.41) is 1.02. The van der Waals surface area contributed by atoms with Crippen molar-refractivity contribution in [3.8, 4) is 28.7 Å². The van der Waals surface area contributed by atoms with Crippen LogP contribution < -0.4 is 29.2 Å². The molecular weight excluding hydrogens is 446 g/mol. The Labute approximate surface area is 203 Å². The van der Waals surface area contributed by atoms with Gasteiger partial charge in [-0.15, -0.1) is 0 Å². The van der Waals surface area contributed by atoms with E-state index in [0.717, 1.165) is 45.0 Å². The van der Waals surface area contributed by atoms with Gasteiger partial charge in [0.2, 0.25) is 5.56 Å². The molecule has 35 heavy (non-hydrogen) atoms. The number of rotatable bonds is 3. The molecule has 2 unspecified atom stereocenters. The van der Waals surface area contributed by atoms with E-state index in [2.05, 4.69) is 11.1 Å². The van der Waals surface area contributed by atoms with Crippen LogP contribution in [0.2, 0.25) is 0 Å². The molecule has 3 aromatic carbocycles. The number of H-pyrrole nitrogens is 1. The fourth-order valence-electron chi connectivity index (χ4n) is 4.66. The summed E-state index contributed by atoms with van der Waals surface area (Å²) in [6.07, 6.45) is 0.00163. The van der Waals surface area contributed by atoms with Gasteiger partial charge < -0.3 is 28.7 Å². The fraction of sp³-hybridized carbons (Fsp3) is 0.250. The normalized spacial score (nSPS) is 17.0. The van der Waals surface area contributed by atoms with Gasteiger partial charge in [-0.1, -0.05) is 18.2 Å². The monoisotopic (exact) mass is 473 g/mol. The zero-order valence-electron chi connectivity index (χ0n) is 20.1. The fourth-order valence-corrected chi connectivity index (χ4v) is 4.66. The third-order valence-electron chi connectivity index (χ3n) is 6.45. The lowest BCUT2D eigenvalue weighted by atomic mass is 9.89. The van der Waals surface area contributed by atoms with Crippen molar-refractivity contribution in [2.75, 3.05) is 27.9 Å². The Morgan fingerprint density at radius 1 is 0.857 bits per heavy atom. The molecule has 1 aromatic heterocycles. The number of hydrogen-bond acceptors (Lipinski definition) is 6. The lowest BCUT2D eigenvalue weighted by molar-refractivity contribution is 0.139. The van der Waals surface area contributed by atoms with Crippen LogP contribution in [-0.4, -0.2) is 32.9 Å². The lowest BCUT2D eigenvalue weighted by Gasteiger charge is -2.28. The maximum atomic E-state index is 11.3. The maximum Gasteiger partial charge on any atom is 0.248 e. The minimum atomic E-state index is -0.0977. The van der Waals surface area contributed by atoms with Gasteiger partial charge in [-0.2, -0.15) is 0 Å². The number of aromatic amines is 1. The first-order valence-corrected chi connectivity index (χ1v) is 11.3. The number of aromatic nitrogens is 1. The van der Waals surface area contributed by atoms with Crippen molar-refractivity contribution in [2.45, 2.75) is 18.9 Å². The zero-order chi connectivity index (χ0) is 24.5. The van der Waals surface area contributed by atoms with Crippen LogP contribution in [0.25, 0.3) is 10.9 Å². The third kappa shape index (κ3) is 4.14. The molecule has 2 aliphatic heterocycles. The van der Waals surface area contributed by atoms with E-state index in [1.54, 1.807) is 27.4 Å². The molecule has 0 saturated heterocycles. The van der Waals surface area contributed by atoms with E-state index >= 15 is 0 Å². The molecule has 7 nitrogen and oxygen atoms in total. The average Bonchev–Trinajstić information content (AvgIpc) is 3.26. The number of ether oxygens (including phenoxy) is 5. The topological polar surface area (TPSA) is 79.0 Å². The van der Waals surface area contributed by atoms with E-state index < -0.39 is 0 Å². The SMILES string of the molecule is COc1ccc2c(c1)OC1c3ccc(OC)cc3OCC21.COc1cccc2c(C)cc(=O)[nH]c12. The van der Waals surface area contributed by atoms with E-state index in [4.69, 9.17) is 23.7 Å². The van der Waals surface area contributed by atoms with Crippen molar-refractivity contribution in [3.05, 3.63) is 87.7 Å². The minimum absolute atomic E-state index is 0.00163. The van der Waals surface area contributed by atoms with Crippen molar-refractivity contribution < 1.29 is 23.7 Å². The summed E-state index contributed by atoms with van der Waals surface area (Å²) in [6.45, 7) is 2.53. The second-order valence-electron chi connectivity index (χ2n) is 8.46. The second-order valence-corrected chi connectivity index (χ2v) is 8.46. The van der Waals surface area contributed by atoms with Gasteiger partial charge >= 0.3 is 0 Å². The summed E-state index contributed by atoms with van der Waals surface area (Å²) in [5.41, 5.74) is 3.88. The Morgan fingerprint density at radius 3 is 2.29 bits per heavy atom. The minimum Gasteiger partial charge on any atom is -0.497 e. The number of nitrogens with one attached hydrogen (secondary N) is 1. The van der Waals surface area contributed by atoms with Crippen molar-refractivity contribution in [2.24, 2.45) is 0 Å².